The zero-order valence-corrected chi connectivity index (χ0v) is 12.6. The summed E-state index contributed by atoms with van der Waals surface area (Å²) < 4.78 is 0. The third-order valence-electron chi connectivity index (χ3n) is 3.81. The first kappa shape index (κ1) is 13.3. The highest BCUT2D eigenvalue weighted by Crippen LogP contribution is 2.28. The normalized spacial score (nSPS) is 16.1. The second kappa shape index (κ2) is 5.76. The van der Waals surface area contributed by atoms with Crippen molar-refractivity contribution in [2.75, 3.05) is 18.0 Å². The summed E-state index contributed by atoms with van der Waals surface area (Å²) in [4.78, 5) is 15.5. The van der Waals surface area contributed by atoms with E-state index in [1.165, 1.54) is 0 Å². The van der Waals surface area contributed by atoms with Gasteiger partial charge in [-0.2, -0.15) is 5.21 Å². The largest absolute Gasteiger partial charge is 0.356 e. The van der Waals surface area contributed by atoms with E-state index in [1.807, 2.05) is 11.4 Å². The summed E-state index contributed by atoms with van der Waals surface area (Å²) in [5.41, 5.74) is 0. The molecule has 22 heavy (non-hydrogen) atoms. The number of piperidine rings is 1. The van der Waals surface area contributed by atoms with E-state index in [4.69, 9.17) is 0 Å². The van der Waals surface area contributed by atoms with Gasteiger partial charge < -0.3 is 4.90 Å². The van der Waals surface area contributed by atoms with Gasteiger partial charge in [0.1, 0.15) is 5.82 Å². The van der Waals surface area contributed by atoms with Crippen LogP contribution >= 0.6 is 11.3 Å². The lowest BCUT2D eigenvalue weighted by Crippen LogP contribution is -2.33. The molecule has 0 bridgehead atoms. The first-order valence-electron chi connectivity index (χ1n) is 7.11. The van der Waals surface area contributed by atoms with E-state index < -0.39 is 0 Å². The van der Waals surface area contributed by atoms with Crippen LogP contribution in [0.5, 0.6) is 0 Å². The Morgan fingerprint density at radius 3 is 2.82 bits per heavy atom. The number of rotatable bonds is 3. The fraction of sp³-hybridized carbons (Fsp3) is 0.385. The monoisotopic (exact) mass is 314 g/mol. The van der Waals surface area contributed by atoms with Crippen molar-refractivity contribution >= 4 is 17.2 Å². The average Bonchev–Trinajstić information content (AvgIpc) is 3.29. The molecule has 0 saturated carbocycles. The highest BCUT2D eigenvalue weighted by molar-refractivity contribution is 7.12. The number of aromatic nitrogens is 7. The molecule has 0 aliphatic carbocycles. The van der Waals surface area contributed by atoms with Crippen molar-refractivity contribution in [1.29, 1.82) is 0 Å². The zero-order valence-electron chi connectivity index (χ0n) is 11.8. The number of hydrogen-bond acceptors (Lipinski definition) is 8. The van der Waals surface area contributed by atoms with Crippen molar-refractivity contribution in [3.8, 4) is 10.8 Å². The van der Waals surface area contributed by atoms with Gasteiger partial charge >= 0.3 is 0 Å². The second-order valence-corrected chi connectivity index (χ2v) is 6.00. The molecule has 0 radical (unpaired) electrons. The summed E-state index contributed by atoms with van der Waals surface area (Å²) in [6.45, 7) is 1.85. The summed E-state index contributed by atoms with van der Waals surface area (Å²) in [6, 6.07) is 1.95. The maximum atomic E-state index is 4.64. The third kappa shape index (κ3) is 2.54. The summed E-state index contributed by atoms with van der Waals surface area (Å²) in [5, 5.41) is 17.1. The number of tetrazole rings is 1. The Morgan fingerprint density at radius 2 is 2.09 bits per heavy atom. The van der Waals surface area contributed by atoms with E-state index in [1.54, 1.807) is 23.7 Å². The lowest BCUT2D eigenvalue weighted by atomic mass is 9.96. The first-order chi connectivity index (χ1) is 10.9. The van der Waals surface area contributed by atoms with Crippen molar-refractivity contribution in [3.63, 3.8) is 0 Å². The number of nitrogens with one attached hydrogen (secondary N) is 1. The molecule has 1 fully saturated rings. The van der Waals surface area contributed by atoms with Crippen molar-refractivity contribution in [3.05, 3.63) is 29.7 Å². The Balaban J connectivity index is 1.48. The maximum absolute atomic E-state index is 4.64. The molecular weight excluding hydrogens is 300 g/mol. The Bertz CT molecular complexity index is 718. The van der Waals surface area contributed by atoms with Gasteiger partial charge in [-0.25, -0.2) is 15.0 Å². The predicted octanol–water partition coefficient (Wildman–Crippen LogP) is 1.50. The Kier molecular flexibility index (Phi) is 3.47. The van der Waals surface area contributed by atoms with Gasteiger partial charge in [-0.15, -0.1) is 21.5 Å². The van der Waals surface area contributed by atoms with Crippen molar-refractivity contribution in [2.24, 2.45) is 0 Å². The van der Waals surface area contributed by atoms with Gasteiger partial charge in [-0.05, 0) is 18.9 Å². The molecular formula is C13H14N8S. The molecule has 3 aromatic rings. The molecule has 0 atom stereocenters. The molecule has 0 spiro atoms. The first-order valence-corrected chi connectivity index (χ1v) is 7.99. The van der Waals surface area contributed by atoms with Gasteiger partial charge in [-0.3, -0.25) is 0 Å². The number of H-pyrrole nitrogens is 1. The van der Waals surface area contributed by atoms with Crippen LogP contribution < -0.4 is 4.90 Å². The summed E-state index contributed by atoms with van der Waals surface area (Å²) in [7, 11) is 0. The van der Waals surface area contributed by atoms with Crippen molar-refractivity contribution < 1.29 is 0 Å². The second-order valence-electron chi connectivity index (χ2n) is 5.11. The molecule has 0 aromatic carbocycles. The van der Waals surface area contributed by atoms with Gasteiger partial charge in [-0.1, -0.05) is 5.21 Å². The summed E-state index contributed by atoms with van der Waals surface area (Å²) in [6.07, 6.45) is 5.56. The summed E-state index contributed by atoms with van der Waals surface area (Å²) >= 11 is 1.55. The molecule has 1 saturated heterocycles. The molecule has 4 heterocycles. The highest BCUT2D eigenvalue weighted by Gasteiger charge is 2.24. The number of nitrogens with zero attached hydrogens (tertiary/aromatic N) is 7. The van der Waals surface area contributed by atoms with E-state index in [9.17, 15) is 0 Å². The maximum Gasteiger partial charge on any atom is 0.190 e. The van der Waals surface area contributed by atoms with Crippen LogP contribution in [0, 0.1) is 0 Å². The van der Waals surface area contributed by atoms with E-state index in [2.05, 4.69) is 40.5 Å². The van der Waals surface area contributed by atoms with Gasteiger partial charge in [0, 0.05) is 36.8 Å². The van der Waals surface area contributed by atoms with Crippen LogP contribution in [0.2, 0.25) is 0 Å². The van der Waals surface area contributed by atoms with Crippen LogP contribution in [0.3, 0.4) is 0 Å². The molecule has 1 aliphatic heterocycles. The highest BCUT2D eigenvalue weighted by atomic mass is 32.1. The van der Waals surface area contributed by atoms with Gasteiger partial charge in [0.2, 0.25) is 0 Å². The number of thiazole rings is 1. The molecule has 1 N–H and O–H groups in total. The smallest absolute Gasteiger partial charge is 0.190 e. The average molecular weight is 314 g/mol. The Morgan fingerprint density at radius 1 is 1.18 bits per heavy atom. The number of aromatic amines is 1. The van der Waals surface area contributed by atoms with Crippen LogP contribution in [-0.2, 0) is 0 Å². The minimum absolute atomic E-state index is 0.371. The SMILES string of the molecule is c1cc(N2CCC(c3nn[nH]n3)CC2)nc(-c2nccs2)n1. The molecule has 3 aromatic heterocycles. The minimum Gasteiger partial charge on any atom is -0.356 e. The lowest BCUT2D eigenvalue weighted by Gasteiger charge is -2.31. The van der Waals surface area contributed by atoms with Crippen molar-refractivity contribution in [2.45, 2.75) is 18.8 Å². The molecule has 0 unspecified atom stereocenters. The fourth-order valence-corrected chi connectivity index (χ4v) is 3.25. The van der Waals surface area contributed by atoms with Crippen LogP contribution in [0.1, 0.15) is 24.6 Å². The topological polar surface area (TPSA) is 96.4 Å². The molecule has 4 rings (SSSR count). The van der Waals surface area contributed by atoms with Crippen molar-refractivity contribution in [1.82, 2.24) is 35.6 Å². The molecule has 8 nitrogen and oxygen atoms in total. The quantitative estimate of drug-likeness (QED) is 0.782. The molecule has 112 valence electrons. The molecule has 9 heteroatoms. The molecule has 1 aliphatic rings. The van der Waals surface area contributed by atoms with Gasteiger partial charge in [0.05, 0.1) is 0 Å². The molecule has 0 amide bonds. The standard InChI is InChI=1S/C13H14N8S/c1-4-14-12(13-15-5-8-22-13)16-10(1)21-6-2-9(3-7-21)11-17-19-20-18-11/h1,4-5,8-9H,2-3,6-7H2,(H,17,18,19,20). The van der Waals surface area contributed by atoms with E-state index in [0.29, 0.717) is 11.7 Å². The lowest BCUT2D eigenvalue weighted by molar-refractivity contribution is 0.483. The summed E-state index contributed by atoms with van der Waals surface area (Å²) in [5.74, 6) is 2.82. The predicted molar refractivity (Wildman–Crippen MR) is 81.5 cm³/mol. The fourth-order valence-electron chi connectivity index (χ4n) is 2.67. The van der Waals surface area contributed by atoms with E-state index in [-0.39, 0.29) is 0 Å². The van der Waals surface area contributed by atoms with Crippen LogP contribution in [0.25, 0.3) is 10.8 Å². The van der Waals surface area contributed by atoms with Gasteiger partial charge in [0.25, 0.3) is 0 Å². The van der Waals surface area contributed by atoms with E-state index >= 15 is 0 Å². The van der Waals surface area contributed by atoms with Crippen LogP contribution in [0.15, 0.2) is 23.8 Å². The number of anilines is 1. The van der Waals surface area contributed by atoms with E-state index in [0.717, 1.165) is 42.6 Å². The van der Waals surface area contributed by atoms with Crippen LogP contribution in [-0.4, -0.2) is 48.7 Å². The Hall–Kier alpha value is -2.42. The third-order valence-corrected chi connectivity index (χ3v) is 4.58. The van der Waals surface area contributed by atoms with Gasteiger partial charge in [0.15, 0.2) is 16.7 Å². The Labute approximate surface area is 130 Å². The van der Waals surface area contributed by atoms with Crippen LogP contribution in [0.4, 0.5) is 5.82 Å². The number of hydrogen-bond donors (Lipinski definition) is 1. The minimum atomic E-state index is 0.371. The zero-order chi connectivity index (χ0) is 14.8.